The third-order valence-electron chi connectivity index (χ3n) is 4.62. The molecule has 11 nitrogen and oxygen atoms in total. The molecule has 11 heteroatoms. The summed E-state index contributed by atoms with van der Waals surface area (Å²) in [7, 11) is 0. The average molecular weight is 414 g/mol. The standard InChI is InChI=1S/C18H30N4O7/c1-9(2)7-12(18(28)29)21-15(25)10(3)20-16(26)13-5-4-6-22(13)17(27)11(19)8-14(23)24/h9-13H,4-8,19H2,1-3H3,(H,20,26)(H,21,25)(H,23,24)(H,28,29). The lowest BCUT2D eigenvalue weighted by atomic mass is 10.0. The minimum atomic E-state index is -1.26. The molecule has 4 unspecified atom stereocenters. The number of nitrogens with zero attached hydrogens (tertiary/aromatic N) is 1. The fourth-order valence-electron chi connectivity index (χ4n) is 3.16. The lowest BCUT2D eigenvalue weighted by Gasteiger charge is -2.27. The zero-order chi connectivity index (χ0) is 22.3. The van der Waals surface area contributed by atoms with Crippen LogP contribution in [0.15, 0.2) is 0 Å². The number of hydrogen-bond acceptors (Lipinski definition) is 6. The van der Waals surface area contributed by atoms with E-state index in [0.717, 1.165) is 0 Å². The normalized spacial score (nSPS) is 19.3. The summed E-state index contributed by atoms with van der Waals surface area (Å²) in [6.07, 6.45) is 0.597. The van der Waals surface area contributed by atoms with E-state index in [9.17, 15) is 29.1 Å². The molecule has 0 aromatic heterocycles. The van der Waals surface area contributed by atoms with E-state index in [1.54, 1.807) is 0 Å². The smallest absolute Gasteiger partial charge is 0.326 e. The first-order chi connectivity index (χ1) is 13.4. The molecule has 0 aromatic carbocycles. The van der Waals surface area contributed by atoms with Crippen molar-refractivity contribution in [1.82, 2.24) is 15.5 Å². The van der Waals surface area contributed by atoms with Crippen molar-refractivity contribution in [2.45, 2.75) is 70.6 Å². The van der Waals surface area contributed by atoms with Crippen LogP contribution in [0.3, 0.4) is 0 Å². The second kappa shape index (κ2) is 10.7. The quantitative estimate of drug-likeness (QED) is 0.299. The number of nitrogens with one attached hydrogen (secondary N) is 2. The molecule has 0 spiro atoms. The molecule has 164 valence electrons. The summed E-state index contributed by atoms with van der Waals surface area (Å²) in [5.41, 5.74) is 5.61. The Morgan fingerprint density at radius 1 is 1.10 bits per heavy atom. The van der Waals surface area contributed by atoms with Crippen molar-refractivity contribution in [3.8, 4) is 0 Å². The molecule has 1 aliphatic rings. The highest BCUT2D eigenvalue weighted by Crippen LogP contribution is 2.19. The predicted octanol–water partition coefficient (Wildman–Crippen LogP) is -1.10. The van der Waals surface area contributed by atoms with E-state index in [2.05, 4.69) is 10.6 Å². The third-order valence-corrected chi connectivity index (χ3v) is 4.62. The van der Waals surface area contributed by atoms with Crippen LogP contribution in [0.1, 0.15) is 46.5 Å². The minimum absolute atomic E-state index is 0.0503. The topological polar surface area (TPSA) is 179 Å². The summed E-state index contributed by atoms with van der Waals surface area (Å²) >= 11 is 0. The van der Waals surface area contributed by atoms with Crippen LogP contribution >= 0.6 is 0 Å². The lowest BCUT2D eigenvalue weighted by Crippen LogP contribution is -2.56. The van der Waals surface area contributed by atoms with E-state index in [1.165, 1.54) is 11.8 Å². The van der Waals surface area contributed by atoms with Gasteiger partial charge in [-0.05, 0) is 32.1 Å². The molecule has 1 fully saturated rings. The van der Waals surface area contributed by atoms with Crippen LogP contribution < -0.4 is 16.4 Å². The lowest BCUT2D eigenvalue weighted by molar-refractivity contribution is -0.144. The minimum Gasteiger partial charge on any atom is -0.481 e. The van der Waals surface area contributed by atoms with Crippen LogP contribution in [0.4, 0.5) is 0 Å². The zero-order valence-electron chi connectivity index (χ0n) is 16.9. The van der Waals surface area contributed by atoms with Gasteiger partial charge in [0.1, 0.15) is 18.1 Å². The van der Waals surface area contributed by atoms with Crippen molar-refractivity contribution in [1.29, 1.82) is 0 Å². The van der Waals surface area contributed by atoms with Gasteiger partial charge < -0.3 is 31.5 Å². The summed E-state index contributed by atoms with van der Waals surface area (Å²) < 4.78 is 0. The van der Waals surface area contributed by atoms with Crippen LogP contribution in [0.25, 0.3) is 0 Å². The van der Waals surface area contributed by atoms with Crippen LogP contribution in [-0.4, -0.2) is 75.5 Å². The summed E-state index contributed by atoms with van der Waals surface area (Å²) in [6, 6.07) is -4.19. The Balaban J connectivity index is 2.70. The molecule has 0 aliphatic carbocycles. The summed E-state index contributed by atoms with van der Waals surface area (Å²) in [4.78, 5) is 60.5. The first kappa shape index (κ1) is 24.3. The second-order valence-corrected chi connectivity index (χ2v) is 7.65. The number of carbonyl (C=O) groups excluding carboxylic acids is 3. The van der Waals surface area contributed by atoms with Crippen molar-refractivity contribution in [3.05, 3.63) is 0 Å². The Labute approximate surface area is 169 Å². The van der Waals surface area contributed by atoms with Gasteiger partial charge in [0.05, 0.1) is 12.5 Å². The molecular weight excluding hydrogens is 384 g/mol. The number of carboxylic acids is 2. The zero-order valence-corrected chi connectivity index (χ0v) is 16.9. The van der Waals surface area contributed by atoms with E-state index in [-0.39, 0.29) is 18.9 Å². The highest BCUT2D eigenvalue weighted by molar-refractivity contribution is 5.94. The Hall–Kier alpha value is -2.69. The number of carboxylic acid groups (broad SMARTS) is 2. The summed E-state index contributed by atoms with van der Waals surface area (Å²) in [6.45, 7) is 5.33. The summed E-state index contributed by atoms with van der Waals surface area (Å²) in [5, 5.41) is 22.9. The van der Waals surface area contributed by atoms with Gasteiger partial charge in [0, 0.05) is 6.54 Å². The number of amides is 3. The van der Waals surface area contributed by atoms with Gasteiger partial charge in [-0.3, -0.25) is 19.2 Å². The van der Waals surface area contributed by atoms with Crippen LogP contribution in [0, 0.1) is 5.92 Å². The van der Waals surface area contributed by atoms with E-state index in [4.69, 9.17) is 10.8 Å². The number of hydrogen-bond donors (Lipinski definition) is 5. The van der Waals surface area contributed by atoms with E-state index < -0.39 is 60.2 Å². The third kappa shape index (κ3) is 7.33. The van der Waals surface area contributed by atoms with Crippen molar-refractivity contribution >= 4 is 29.7 Å². The van der Waals surface area contributed by atoms with Crippen LogP contribution in [-0.2, 0) is 24.0 Å². The van der Waals surface area contributed by atoms with Gasteiger partial charge in [-0.1, -0.05) is 13.8 Å². The largest absolute Gasteiger partial charge is 0.481 e. The van der Waals surface area contributed by atoms with Gasteiger partial charge >= 0.3 is 11.9 Å². The van der Waals surface area contributed by atoms with E-state index in [0.29, 0.717) is 12.8 Å². The van der Waals surface area contributed by atoms with Gasteiger partial charge in [0.2, 0.25) is 17.7 Å². The number of likely N-dealkylation sites (tertiary alicyclic amines) is 1. The number of rotatable bonds is 10. The molecule has 0 bridgehead atoms. The monoisotopic (exact) mass is 414 g/mol. The molecule has 4 atom stereocenters. The molecule has 1 heterocycles. The first-order valence-electron chi connectivity index (χ1n) is 9.55. The predicted molar refractivity (Wildman–Crippen MR) is 102 cm³/mol. The Morgan fingerprint density at radius 2 is 1.72 bits per heavy atom. The van der Waals surface area contributed by atoms with Gasteiger partial charge in [-0.2, -0.15) is 0 Å². The molecule has 29 heavy (non-hydrogen) atoms. The molecule has 6 N–H and O–H groups in total. The molecular formula is C18H30N4O7. The second-order valence-electron chi connectivity index (χ2n) is 7.65. The number of nitrogens with two attached hydrogens (primary N) is 1. The first-order valence-corrected chi connectivity index (χ1v) is 9.55. The number of aliphatic carboxylic acids is 2. The van der Waals surface area contributed by atoms with Gasteiger partial charge in [-0.25, -0.2) is 4.79 Å². The van der Waals surface area contributed by atoms with Crippen molar-refractivity contribution in [2.75, 3.05) is 6.54 Å². The highest BCUT2D eigenvalue weighted by Gasteiger charge is 2.37. The van der Waals surface area contributed by atoms with Crippen molar-refractivity contribution in [2.24, 2.45) is 11.7 Å². The fraction of sp³-hybridized carbons (Fsp3) is 0.722. The molecule has 1 rings (SSSR count). The molecule has 0 aromatic rings. The van der Waals surface area contributed by atoms with E-state index >= 15 is 0 Å². The van der Waals surface area contributed by atoms with Gasteiger partial charge in [0.25, 0.3) is 0 Å². The molecule has 1 saturated heterocycles. The molecule has 3 amide bonds. The van der Waals surface area contributed by atoms with Crippen LogP contribution in [0.5, 0.6) is 0 Å². The Bertz CT molecular complexity index is 652. The summed E-state index contributed by atoms with van der Waals surface area (Å²) in [5.74, 6) is -4.18. The Morgan fingerprint density at radius 3 is 2.24 bits per heavy atom. The SMILES string of the molecule is CC(C)CC(NC(=O)C(C)NC(=O)C1CCCN1C(=O)C(N)CC(=O)O)C(=O)O. The molecule has 0 radical (unpaired) electrons. The molecule has 0 saturated carbocycles. The van der Waals surface area contributed by atoms with Crippen molar-refractivity contribution in [3.63, 3.8) is 0 Å². The van der Waals surface area contributed by atoms with Gasteiger partial charge in [-0.15, -0.1) is 0 Å². The number of carbonyl (C=O) groups is 5. The maximum atomic E-state index is 12.6. The maximum Gasteiger partial charge on any atom is 0.326 e. The maximum absolute atomic E-state index is 12.6. The van der Waals surface area contributed by atoms with Crippen LogP contribution in [0.2, 0.25) is 0 Å². The fourth-order valence-corrected chi connectivity index (χ4v) is 3.16. The van der Waals surface area contributed by atoms with Crippen molar-refractivity contribution < 1.29 is 34.2 Å². The highest BCUT2D eigenvalue weighted by atomic mass is 16.4. The molecule has 1 aliphatic heterocycles. The van der Waals surface area contributed by atoms with E-state index in [1.807, 2.05) is 13.8 Å². The van der Waals surface area contributed by atoms with Gasteiger partial charge in [0.15, 0.2) is 0 Å². The average Bonchev–Trinajstić information content (AvgIpc) is 3.08. The Kier molecular flexibility index (Phi) is 9.02.